The molecule has 0 aliphatic rings. The van der Waals surface area contributed by atoms with Crippen LogP contribution >= 0.6 is 11.6 Å². The molecule has 1 heterocycles. The van der Waals surface area contributed by atoms with Crippen LogP contribution in [0.3, 0.4) is 0 Å². The van der Waals surface area contributed by atoms with Gasteiger partial charge in [-0.2, -0.15) is 0 Å². The molecule has 0 radical (unpaired) electrons. The third-order valence-electron chi connectivity index (χ3n) is 2.47. The molecule has 0 amide bonds. The Labute approximate surface area is 115 Å². The second kappa shape index (κ2) is 5.67. The van der Waals surface area contributed by atoms with E-state index in [4.69, 9.17) is 16.7 Å². The number of benzene rings is 1. The third-order valence-corrected chi connectivity index (χ3v) is 2.84. The van der Waals surface area contributed by atoms with Crippen LogP contribution < -0.4 is 5.32 Å². The Kier molecular flexibility index (Phi) is 3.97. The zero-order chi connectivity index (χ0) is 13.8. The predicted octanol–water partition coefficient (Wildman–Crippen LogP) is 2.75. The standard InChI is InChI=1S/C13H12ClN3O2/c1-8-6-11(12(18)19)17-13(16-8)15-7-9-4-2-3-5-10(9)14/h2-6H,7H2,1H3,(H,18,19)(H,15,16,17). The monoisotopic (exact) mass is 277 g/mol. The first-order valence-electron chi connectivity index (χ1n) is 5.62. The number of nitrogens with one attached hydrogen (secondary N) is 1. The van der Waals surface area contributed by atoms with Gasteiger partial charge in [-0.3, -0.25) is 0 Å². The number of halogens is 1. The van der Waals surface area contributed by atoms with Crippen LogP contribution in [0.25, 0.3) is 0 Å². The Morgan fingerprint density at radius 1 is 1.37 bits per heavy atom. The van der Waals surface area contributed by atoms with E-state index in [1.54, 1.807) is 13.0 Å². The van der Waals surface area contributed by atoms with Crippen LogP contribution in [0.5, 0.6) is 0 Å². The summed E-state index contributed by atoms with van der Waals surface area (Å²) < 4.78 is 0. The van der Waals surface area contributed by atoms with Crippen molar-refractivity contribution in [3.05, 3.63) is 52.3 Å². The zero-order valence-corrected chi connectivity index (χ0v) is 11.0. The fourth-order valence-corrected chi connectivity index (χ4v) is 1.78. The first-order valence-corrected chi connectivity index (χ1v) is 6.00. The molecule has 5 nitrogen and oxygen atoms in total. The smallest absolute Gasteiger partial charge is 0.354 e. The maximum Gasteiger partial charge on any atom is 0.354 e. The highest BCUT2D eigenvalue weighted by Crippen LogP contribution is 2.16. The Morgan fingerprint density at radius 3 is 2.79 bits per heavy atom. The Balaban J connectivity index is 2.16. The van der Waals surface area contributed by atoms with Gasteiger partial charge in [0.15, 0.2) is 5.69 Å². The van der Waals surface area contributed by atoms with Gasteiger partial charge in [-0.25, -0.2) is 14.8 Å². The van der Waals surface area contributed by atoms with E-state index < -0.39 is 5.97 Å². The van der Waals surface area contributed by atoms with Crippen molar-refractivity contribution in [1.82, 2.24) is 9.97 Å². The summed E-state index contributed by atoms with van der Waals surface area (Å²) in [6.07, 6.45) is 0. The van der Waals surface area contributed by atoms with Crippen LogP contribution in [0.2, 0.25) is 5.02 Å². The van der Waals surface area contributed by atoms with Gasteiger partial charge in [0.25, 0.3) is 0 Å². The van der Waals surface area contributed by atoms with E-state index in [-0.39, 0.29) is 11.6 Å². The maximum absolute atomic E-state index is 10.9. The van der Waals surface area contributed by atoms with Gasteiger partial charge in [-0.1, -0.05) is 29.8 Å². The summed E-state index contributed by atoms with van der Waals surface area (Å²) >= 11 is 6.03. The second-order valence-corrected chi connectivity index (χ2v) is 4.38. The summed E-state index contributed by atoms with van der Waals surface area (Å²) in [5.41, 5.74) is 1.45. The van der Waals surface area contributed by atoms with Gasteiger partial charge in [-0.05, 0) is 24.6 Å². The van der Waals surface area contributed by atoms with Crippen molar-refractivity contribution in [2.75, 3.05) is 5.32 Å². The molecule has 0 spiro atoms. The van der Waals surface area contributed by atoms with Gasteiger partial charge < -0.3 is 10.4 Å². The molecule has 0 unspecified atom stereocenters. The van der Waals surface area contributed by atoms with Crippen LogP contribution in [-0.2, 0) is 6.54 Å². The lowest BCUT2D eigenvalue weighted by molar-refractivity contribution is 0.0690. The molecule has 0 aliphatic heterocycles. The molecule has 98 valence electrons. The van der Waals surface area contributed by atoms with Gasteiger partial charge in [0.05, 0.1) is 0 Å². The molecule has 0 aliphatic carbocycles. The topological polar surface area (TPSA) is 75.1 Å². The minimum atomic E-state index is -1.08. The van der Waals surface area contributed by atoms with Crippen molar-refractivity contribution in [1.29, 1.82) is 0 Å². The molecule has 6 heteroatoms. The summed E-state index contributed by atoms with van der Waals surface area (Å²) in [6, 6.07) is 8.81. The van der Waals surface area contributed by atoms with Gasteiger partial charge >= 0.3 is 5.97 Å². The number of aromatic nitrogens is 2. The van der Waals surface area contributed by atoms with Crippen LogP contribution in [-0.4, -0.2) is 21.0 Å². The summed E-state index contributed by atoms with van der Waals surface area (Å²) in [6.45, 7) is 2.15. The lowest BCUT2D eigenvalue weighted by Gasteiger charge is -2.07. The molecule has 0 saturated heterocycles. The number of hydrogen-bond acceptors (Lipinski definition) is 4. The summed E-state index contributed by atoms with van der Waals surface area (Å²) in [4.78, 5) is 18.9. The average Bonchev–Trinajstić information content (AvgIpc) is 2.37. The molecule has 1 aromatic heterocycles. The molecular formula is C13H12ClN3O2. The average molecular weight is 278 g/mol. The van der Waals surface area contributed by atoms with Crippen molar-refractivity contribution < 1.29 is 9.90 Å². The number of aryl methyl sites for hydroxylation is 1. The van der Waals surface area contributed by atoms with Crippen LogP contribution in [0.15, 0.2) is 30.3 Å². The molecule has 19 heavy (non-hydrogen) atoms. The zero-order valence-electron chi connectivity index (χ0n) is 10.2. The van der Waals surface area contributed by atoms with E-state index in [0.29, 0.717) is 17.3 Å². The van der Waals surface area contributed by atoms with E-state index in [1.807, 2.05) is 18.2 Å². The van der Waals surface area contributed by atoms with Crippen LogP contribution in [0.4, 0.5) is 5.95 Å². The Hall–Kier alpha value is -2.14. The Morgan fingerprint density at radius 2 is 2.11 bits per heavy atom. The van der Waals surface area contributed by atoms with E-state index in [1.165, 1.54) is 6.07 Å². The molecule has 2 N–H and O–H groups in total. The van der Waals surface area contributed by atoms with Gasteiger partial charge in [-0.15, -0.1) is 0 Å². The normalized spacial score (nSPS) is 10.2. The number of carbonyl (C=O) groups is 1. The molecule has 0 fully saturated rings. The number of rotatable bonds is 4. The summed E-state index contributed by atoms with van der Waals surface area (Å²) in [5, 5.41) is 12.5. The van der Waals surface area contributed by atoms with E-state index >= 15 is 0 Å². The molecule has 0 atom stereocenters. The van der Waals surface area contributed by atoms with Crippen molar-refractivity contribution in [2.45, 2.75) is 13.5 Å². The van der Waals surface area contributed by atoms with Crippen molar-refractivity contribution in [3.63, 3.8) is 0 Å². The van der Waals surface area contributed by atoms with Gasteiger partial charge in [0.1, 0.15) is 0 Å². The van der Waals surface area contributed by atoms with E-state index in [2.05, 4.69) is 15.3 Å². The highest BCUT2D eigenvalue weighted by Gasteiger charge is 2.08. The van der Waals surface area contributed by atoms with E-state index in [9.17, 15) is 4.79 Å². The minimum absolute atomic E-state index is 0.0332. The van der Waals surface area contributed by atoms with Gasteiger partial charge in [0, 0.05) is 17.3 Å². The molecule has 0 saturated carbocycles. The molecule has 1 aromatic carbocycles. The fourth-order valence-electron chi connectivity index (χ4n) is 1.57. The highest BCUT2D eigenvalue weighted by atomic mass is 35.5. The number of carboxylic acid groups (broad SMARTS) is 1. The van der Waals surface area contributed by atoms with E-state index in [0.717, 1.165) is 5.56 Å². The van der Waals surface area contributed by atoms with Crippen LogP contribution in [0.1, 0.15) is 21.7 Å². The number of anilines is 1. The Bertz CT molecular complexity index is 617. The van der Waals surface area contributed by atoms with Crippen LogP contribution in [0, 0.1) is 6.92 Å². The molecular weight excluding hydrogens is 266 g/mol. The maximum atomic E-state index is 10.9. The molecule has 0 bridgehead atoms. The first-order chi connectivity index (χ1) is 9.06. The number of aromatic carboxylic acids is 1. The predicted molar refractivity (Wildman–Crippen MR) is 72.5 cm³/mol. The van der Waals surface area contributed by atoms with Crippen molar-refractivity contribution in [3.8, 4) is 0 Å². The fraction of sp³-hybridized carbons (Fsp3) is 0.154. The largest absolute Gasteiger partial charge is 0.477 e. The number of hydrogen-bond donors (Lipinski definition) is 2. The highest BCUT2D eigenvalue weighted by molar-refractivity contribution is 6.31. The second-order valence-electron chi connectivity index (χ2n) is 3.97. The van der Waals surface area contributed by atoms with Crippen molar-refractivity contribution in [2.24, 2.45) is 0 Å². The first kappa shape index (κ1) is 13.3. The minimum Gasteiger partial charge on any atom is -0.477 e. The molecule has 2 aromatic rings. The van der Waals surface area contributed by atoms with Gasteiger partial charge in [0.2, 0.25) is 5.95 Å². The number of carboxylic acids is 1. The quantitative estimate of drug-likeness (QED) is 0.899. The SMILES string of the molecule is Cc1cc(C(=O)O)nc(NCc2ccccc2Cl)n1. The molecule has 2 rings (SSSR count). The lowest BCUT2D eigenvalue weighted by atomic mass is 10.2. The summed E-state index contributed by atoms with van der Waals surface area (Å²) in [7, 11) is 0. The number of nitrogens with zero attached hydrogens (tertiary/aromatic N) is 2. The lowest BCUT2D eigenvalue weighted by Crippen LogP contribution is -2.09. The third kappa shape index (κ3) is 3.42. The summed E-state index contributed by atoms with van der Waals surface area (Å²) in [5.74, 6) is -0.802. The van der Waals surface area contributed by atoms with Crippen molar-refractivity contribution >= 4 is 23.5 Å².